The molecule has 1 fully saturated rings. The molecule has 0 atom stereocenters. The number of halogens is 1. The molecule has 1 saturated heterocycles. The molecule has 6 heteroatoms. The zero-order valence-corrected chi connectivity index (χ0v) is 15.3. The maximum Gasteiger partial charge on any atom is 0.230 e. The first kappa shape index (κ1) is 18.6. The Bertz CT molecular complexity index is 492. The molecule has 0 unspecified atom stereocenters. The number of carbonyl (C=O) groups is 1. The summed E-state index contributed by atoms with van der Waals surface area (Å²) in [6.07, 6.45) is 1.02. The van der Waals surface area contributed by atoms with Crippen molar-refractivity contribution >= 4 is 29.3 Å². The molecule has 1 amide bonds. The van der Waals surface area contributed by atoms with Crippen molar-refractivity contribution in [3.8, 4) is 0 Å². The number of nitrogens with one attached hydrogen (secondary N) is 1. The van der Waals surface area contributed by atoms with Crippen LogP contribution < -0.4 is 5.32 Å². The molecule has 23 heavy (non-hydrogen) atoms. The molecule has 2 rings (SSSR count). The number of likely N-dealkylation sites (N-methyl/N-ethyl adjacent to an activating group) is 1. The first-order valence-corrected chi connectivity index (χ1v) is 9.67. The van der Waals surface area contributed by atoms with Gasteiger partial charge in [0.2, 0.25) is 5.91 Å². The van der Waals surface area contributed by atoms with Crippen molar-refractivity contribution in [1.82, 2.24) is 15.1 Å². The fourth-order valence-electron chi connectivity index (χ4n) is 2.52. The Labute approximate surface area is 148 Å². The first-order valence-electron chi connectivity index (χ1n) is 8.14. The van der Waals surface area contributed by atoms with Gasteiger partial charge in [-0.1, -0.05) is 29.8 Å². The minimum atomic E-state index is 0.112. The van der Waals surface area contributed by atoms with Crippen LogP contribution in [0.4, 0.5) is 0 Å². The van der Waals surface area contributed by atoms with Gasteiger partial charge in [0.05, 0.1) is 5.75 Å². The number of rotatable bonds is 8. The van der Waals surface area contributed by atoms with Crippen LogP contribution in [-0.4, -0.2) is 67.8 Å². The largest absolute Gasteiger partial charge is 0.355 e. The number of amides is 1. The van der Waals surface area contributed by atoms with Gasteiger partial charge in [-0.25, -0.2) is 0 Å². The van der Waals surface area contributed by atoms with Crippen LogP contribution in [0.5, 0.6) is 0 Å². The van der Waals surface area contributed by atoms with Crippen molar-refractivity contribution in [3.05, 3.63) is 34.9 Å². The van der Waals surface area contributed by atoms with Crippen LogP contribution in [0.3, 0.4) is 0 Å². The van der Waals surface area contributed by atoms with E-state index in [0.717, 1.165) is 62.0 Å². The summed E-state index contributed by atoms with van der Waals surface area (Å²) in [6.45, 7) is 6.39. The van der Waals surface area contributed by atoms with Crippen LogP contribution in [0.25, 0.3) is 0 Å². The quantitative estimate of drug-likeness (QED) is 0.726. The summed E-state index contributed by atoms with van der Waals surface area (Å²) in [6, 6.07) is 7.78. The van der Waals surface area contributed by atoms with E-state index in [1.807, 2.05) is 24.3 Å². The summed E-state index contributed by atoms with van der Waals surface area (Å²) in [5.74, 6) is 1.37. The summed E-state index contributed by atoms with van der Waals surface area (Å²) < 4.78 is 0. The van der Waals surface area contributed by atoms with Gasteiger partial charge in [0, 0.05) is 43.5 Å². The third-order valence-electron chi connectivity index (χ3n) is 4.02. The van der Waals surface area contributed by atoms with E-state index in [1.165, 1.54) is 0 Å². The number of nitrogens with zero attached hydrogens (tertiary/aromatic N) is 2. The standard InChI is InChI=1S/C17H26ClN3OS/c1-20-9-11-21(12-10-20)8-4-7-19-17(22)14-23-13-15-5-2-3-6-16(15)18/h2-3,5-6H,4,7-14H2,1H3,(H,19,22). The van der Waals surface area contributed by atoms with E-state index in [2.05, 4.69) is 22.2 Å². The number of hydrogen-bond donors (Lipinski definition) is 1. The van der Waals surface area contributed by atoms with Crippen molar-refractivity contribution in [2.75, 3.05) is 52.1 Å². The first-order chi connectivity index (χ1) is 11.1. The average molecular weight is 356 g/mol. The Balaban J connectivity index is 1.51. The molecule has 0 radical (unpaired) electrons. The molecule has 128 valence electrons. The molecule has 1 aromatic carbocycles. The van der Waals surface area contributed by atoms with Crippen molar-refractivity contribution in [2.45, 2.75) is 12.2 Å². The molecular weight excluding hydrogens is 330 g/mol. The van der Waals surface area contributed by atoms with Crippen molar-refractivity contribution in [1.29, 1.82) is 0 Å². The molecule has 0 bridgehead atoms. The van der Waals surface area contributed by atoms with Crippen molar-refractivity contribution in [2.24, 2.45) is 0 Å². The van der Waals surface area contributed by atoms with Gasteiger partial charge in [-0.2, -0.15) is 0 Å². The molecule has 1 N–H and O–H groups in total. The Hall–Kier alpha value is -0.750. The highest BCUT2D eigenvalue weighted by atomic mass is 35.5. The summed E-state index contributed by atoms with van der Waals surface area (Å²) >= 11 is 7.71. The SMILES string of the molecule is CN1CCN(CCCNC(=O)CSCc2ccccc2Cl)CC1. The fraction of sp³-hybridized carbons (Fsp3) is 0.588. The monoisotopic (exact) mass is 355 g/mol. The summed E-state index contributed by atoms with van der Waals surface area (Å²) in [7, 11) is 2.16. The zero-order chi connectivity index (χ0) is 16.5. The van der Waals surface area contributed by atoms with Crippen LogP contribution in [0.1, 0.15) is 12.0 Å². The summed E-state index contributed by atoms with van der Waals surface area (Å²) in [4.78, 5) is 16.7. The molecule has 4 nitrogen and oxygen atoms in total. The Morgan fingerprint density at radius 3 is 2.74 bits per heavy atom. The molecule has 0 aromatic heterocycles. The maximum atomic E-state index is 11.8. The van der Waals surface area contributed by atoms with Crippen LogP contribution in [0, 0.1) is 0 Å². The Kier molecular flexibility index (Phi) is 8.23. The number of benzene rings is 1. The van der Waals surface area contributed by atoms with Gasteiger partial charge < -0.3 is 15.1 Å². The third-order valence-corrected chi connectivity index (χ3v) is 5.37. The molecule has 1 heterocycles. The van der Waals surface area contributed by atoms with Gasteiger partial charge in [-0.05, 0) is 31.6 Å². The number of carbonyl (C=O) groups excluding carboxylic acids is 1. The highest BCUT2D eigenvalue weighted by molar-refractivity contribution is 7.99. The summed E-state index contributed by atoms with van der Waals surface area (Å²) in [5.41, 5.74) is 1.09. The summed E-state index contributed by atoms with van der Waals surface area (Å²) in [5, 5.41) is 3.77. The minimum Gasteiger partial charge on any atom is -0.355 e. The lowest BCUT2D eigenvalue weighted by atomic mass is 10.2. The van der Waals surface area contributed by atoms with Crippen molar-refractivity contribution in [3.63, 3.8) is 0 Å². The molecule has 0 saturated carbocycles. The lowest BCUT2D eigenvalue weighted by Crippen LogP contribution is -2.45. The lowest BCUT2D eigenvalue weighted by molar-refractivity contribution is -0.118. The topological polar surface area (TPSA) is 35.6 Å². The van der Waals surface area contributed by atoms with E-state index >= 15 is 0 Å². The van der Waals surface area contributed by atoms with E-state index in [9.17, 15) is 4.79 Å². The second-order valence-electron chi connectivity index (χ2n) is 5.93. The van der Waals surface area contributed by atoms with Gasteiger partial charge in [0.15, 0.2) is 0 Å². The predicted molar refractivity (Wildman–Crippen MR) is 99.2 cm³/mol. The smallest absolute Gasteiger partial charge is 0.230 e. The van der Waals surface area contributed by atoms with Crippen LogP contribution in [0.2, 0.25) is 5.02 Å². The normalized spacial score (nSPS) is 16.4. The lowest BCUT2D eigenvalue weighted by Gasteiger charge is -2.32. The maximum absolute atomic E-state index is 11.8. The molecule has 0 spiro atoms. The molecule has 1 aliphatic rings. The Morgan fingerprint density at radius 1 is 1.26 bits per heavy atom. The average Bonchev–Trinajstić information content (AvgIpc) is 2.55. The van der Waals surface area contributed by atoms with E-state index in [-0.39, 0.29) is 5.91 Å². The second-order valence-corrected chi connectivity index (χ2v) is 7.33. The van der Waals surface area contributed by atoms with E-state index < -0.39 is 0 Å². The molecule has 0 aliphatic carbocycles. The van der Waals surface area contributed by atoms with Gasteiger partial charge >= 0.3 is 0 Å². The molecule has 1 aromatic rings. The van der Waals surface area contributed by atoms with E-state index in [4.69, 9.17) is 11.6 Å². The Morgan fingerprint density at radius 2 is 2.00 bits per heavy atom. The predicted octanol–water partition coefficient (Wildman–Crippen LogP) is 2.33. The van der Waals surface area contributed by atoms with E-state index in [1.54, 1.807) is 11.8 Å². The fourth-order valence-corrected chi connectivity index (χ4v) is 3.67. The van der Waals surface area contributed by atoms with Crippen LogP contribution in [-0.2, 0) is 10.5 Å². The highest BCUT2D eigenvalue weighted by Crippen LogP contribution is 2.20. The molecular formula is C17H26ClN3OS. The minimum absolute atomic E-state index is 0.112. The van der Waals surface area contributed by atoms with Gasteiger partial charge in [0.25, 0.3) is 0 Å². The number of piperazine rings is 1. The van der Waals surface area contributed by atoms with Crippen LogP contribution >= 0.6 is 23.4 Å². The number of hydrogen-bond acceptors (Lipinski definition) is 4. The van der Waals surface area contributed by atoms with Gasteiger partial charge in [-0.15, -0.1) is 11.8 Å². The highest BCUT2D eigenvalue weighted by Gasteiger charge is 2.12. The van der Waals surface area contributed by atoms with E-state index in [0.29, 0.717) is 5.75 Å². The second kappa shape index (κ2) is 10.2. The van der Waals surface area contributed by atoms with Crippen LogP contribution in [0.15, 0.2) is 24.3 Å². The molecule has 1 aliphatic heterocycles. The third kappa shape index (κ3) is 7.12. The zero-order valence-electron chi connectivity index (χ0n) is 13.8. The van der Waals surface area contributed by atoms with Gasteiger partial charge in [0.1, 0.15) is 0 Å². The van der Waals surface area contributed by atoms with Crippen molar-refractivity contribution < 1.29 is 4.79 Å². The number of thioether (sulfide) groups is 1. The van der Waals surface area contributed by atoms with Gasteiger partial charge in [-0.3, -0.25) is 4.79 Å².